The van der Waals surface area contributed by atoms with E-state index in [-0.39, 0.29) is 41.8 Å². The van der Waals surface area contributed by atoms with Gasteiger partial charge in [0.1, 0.15) is 0 Å². The molecule has 1 amide bonds. The molecule has 2 aliphatic rings. The molecular weight excluding hydrogens is 447 g/mol. The monoisotopic (exact) mass is 480 g/mol. The zero-order valence-corrected chi connectivity index (χ0v) is 18.4. The van der Waals surface area contributed by atoms with Crippen molar-refractivity contribution < 1.29 is 14.3 Å². The fraction of sp³-hybridized carbons (Fsp3) is 0.833. The predicted octanol–water partition coefficient (Wildman–Crippen LogP) is 1.86. The molecule has 1 N–H and O–H groups in total. The number of nitrogens with zero attached hydrogens (tertiary/aromatic N) is 3. The van der Waals surface area contributed by atoms with E-state index in [1.54, 1.807) is 0 Å². The molecule has 7 nitrogen and oxygen atoms in total. The third kappa shape index (κ3) is 6.92. The van der Waals surface area contributed by atoms with Gasteiger partial charge in [0.15, 0.2) is 5.96 Å². The van der Waals surface area contributed by atoms with Gasteiger partial charge < -0.3 is 19.9 Å². The van der Waals surface area contributed by atoms with E-state index >= 15 is 0 Å². The maximum Gasteiger partial charge on any atom is 0.310 e. The Balaban J connectivity index is 0.00000338. The molecule has 26 heavy (non-hydrogen) atoms. The molecule has 0 radical (unpaired) electrons. The topological polar surface area (TPSA) is 74.2 Å². The lowest BCUT2D eigenvalue weighted by Gasteiger charge is -2.34. The highest BCUT2D eigenvalue weighted by molar-refractivity contribution is 14.0. The van der Waals surface area contributed by atoms with Gasteiger partial charge in [-0.15, -0.1) is 24.0 Å². The molecule has 150 valence electrons. The van der Waals surface area contributed by atoms with Crippen LogP contribution in [0.25, 0.3) is 0 Å². The van der Waals surface area contributed by atoms with Crippen LogP contribution in [0, 0.1) is 5.92 Å². The van der Waals surface area contributed by atoms with E-state index < -0.39 is 0 Å². The number of piperidine rings is 1. The van der Waals surface area contributed by atoms with Crippen molar-refractivity contribution in [3.63, 3.8) is 0 Å². The summed E-state index contributed by atoms with van der Waals surface area (Å²) in [6, 6.07) is 0. The average Bonchev–Trinajstić information content (AvgIpc) is 3.03. The second-order valence-corrected chi connectivity index (χ2v) is 6.61. The van der Waals surface area contributed by atoms with Gasteiger partial charge in [-0.2, -0.15) is 0 Å². The summed E-state index contributed by atoms with van der Waals surface area (Å²) in [4.78, 5) is 32.4. The van der Waals surface area contributed by atoms with Crippen molar-refractivity contribution in [3.8, 4) is 0 Å². The molecule has 0 saturated carbocycles. The first kappa shape index (κ1) is 23.0. The Labute approximate surface area is 173 Å². The molecule has 0 spiro atoms. The first-order chi connectivity index (χ1) is 12.2. The summed E-state index contributed by atoms with van der Waals surface area (Å²) in [5, 5.41) is 3.32. The highest BCUT2D eigenvalue weighted by atomic mass is 127. The molecule has 1 atom stereocenters. The number of likely N-dealkylation sites (tertiary alicyclic amines) is 2. The number of carbonyl (C=O) groups is 2. The first-order valence-corrected chi connectivity index (χ1v) is 9.63. The smallest absolute Gasteiger partial charge is 0.310 e. The minimum absolute atomic E-state index is 0. The Morgan fingerprint density at radius 3 is 2.77 bits per heavy atom. The average molecular weight is 480 g/mol. The number of esters is 1. The number of carbonyl (C=O) groups excluding carboxylic acids is 2. The summed E-state index contributed by atoms with van der Waals surface area (Å²) >= 11 is 0. The van der Waals surface area contributed by atoms with Crippen molar-refractivity contribution in [2.45, 2.75) is 46.0 Å². The van der Waals surface area contributed by atoms with Crippen LogP contribution in [0.5, 0.6) is 0 Å². The van der Waals surface area contributed by atoms with Crippen molar-refractivity contribution in [3.05, 3.63) is 0 Å². The van der Waals surface area contributed by atoms with E-state index in [1.807, 2.05) is 18.7 Å². The van der Waals surface area contributed by atoms with Gasteiger partial charge in [0.2, 0.25) is 5.91 Å². The minimum Gasteiger partial charge on any atom is -0.466 e. The highest BCUT2D eigenvalue weighted by Crippen LogP contribution is 2.18. The fourth-order valence-electron chi connectivity index (χ4n) is 3.43. The summed E-state index contributed by atoms with van der Waals surface area (Å²) in [6.45, 7) is 9.04. The molecular formula is C18H33IN4O3. The van der Waals surface area contributed by atoms with Crippen molar-refractivity contribution in [2.24, 2.45) is 10.9 Å². The van der Waals surface area contributed by atoms with E-state index in [0.717, 1.165) is 57.8 Å². The van der Waals surface area contributed by atoms with Gasteiger partial charge in [0.25, 0.3) is 0 Å². The fourth-order valence-corrected chi connectivity index (χ4v) is 3.43. The van der Waals surface area contributed by atoms with E-state index in [2.05, 4.69) is 10.2 Å². The van der Waals surface area contributed by atoms with Crippen LogP contribution in [0.3, 0.4) is 0 Å². The van der Waals surface area contributed by atoms with Crippen LogP contribution in [0.4, 0.5) is 0 Å². The molecule has 2 fully saturated rings. The Bertz CT molecular complexity index is 487. The summed E-state index contributed by atoms with van der Waals surface area (Å²) in [5.41, 5.74) is 0. The zero-order valence-electron chi connectivity index (χ0n) is 16.0. The number of nitrogens with one attached hydrogen (secondary N) is 1. The van der Waals surface area contributed by atoms with Crippen LogP contribution in [0.2, 0.25) is 0 Å². The molecule has 2 rings (SSSR count). The van der Waals surface area contributed by atoms with Gasteiger partial charge in [0, 0.05) is 45.7 Å². The van der Waals surface area contributed by atoms with Crippen LogP contribution in [-0.2, 0) is 14.3 Å². The van der Waals surface area contributed by atoms with Crippen molar-refractivity contribution in [2.75, 3.05) is 45.9 Å². The number of halogens is 1. The van der Waals surface area contributed by atoms with Gasteiger partial charge in [-0.1, -0.05) is 0 Å². The largest absolute Gasteiger partial charge is 0.466 e. The van der Waals surface area contributed by atoms with E-state index in [0.29, 0.717) is 26.1 Å². The lowest BCUT2D eigenvalue weighted by atomic mass is 9.98. The van der Waals surface area contributed by atoms with Crippen molar-refractivity contribution in [1.29, 1.82) is 0 Å². The Morgan fingerprint density at radius 2 is 2.12 bits per heavy atom. The van der Waals surface area contributed by atoms with Crippen LogP contribution in [-0.4, -0.2) is 73.5 Å². The molecule has 0 aromatic heterocycles. The lowest BCUT2D eigenvalue weighted by Crippen LogP contribution is -2.48. The summed E-state index contributed by atoms with van der Waals surface area (Å²) in [6.07, 6.45) is 4.39. The number of aliphatic imine (C=N–C) groups is 1. The van der Waals surface area contributed by atoms with Gasteiger partial charge in [-0.25, -0.2) is 0 Å². The Hall–Kier alpha value is -1.06. The molecule has 0 aromatic rings. The molecule has 0 aromatic carbocycles. The van der Waals surface area contributed by atoms with Gasteiger partial charge >= 0.3 is 5.97 Å². The molecule has 0 aliphatic carbocycles. The lowest BCUT2D eigenvalue weighted by molar-refractivity contribution is -0.149. The third-order valence-corrected chi connectivity index (χ3v) is 4.69. The maximum absolute atomic E-state index is 12.0. The molecule has 2 heterocycles. The molecule has 8 heteroatoms. The standard InChI is InChI=1S/C18H32N4O3.HI/c1-3-19-18(20-10-7-13-21-11-6-9-16(21)23)22-12-5-8-15(14-22)17(24)25-4-2;/h15H,3-14H2,1-2H3,(H,19,20);1H. The second kappa shape index (κ2) is 12.3. The normalized spacial score (nSPS) is 20.8. The van der Waals surface area contributed by atoms with E-state index in [1.165, 1.54) is 0 Å². The van der Waals surface area contributed by atoms with Crippen molar-refractivity contribution in [1.82, 2.24) is 15.1 Å². The number of ether oxygens (including phenoxy) is 1. The van der Waals surface area contributed by atoms with Gasteiger partial charge in [-0.3, -0.25) is 14.6 Å². The van der Waals surface area contributed by atoms with Crippen LogP contribution in [0.15, 0.2) is 4.99 Å². The maximum atomic E-state index is 12.0. The Morgan fingerprint density at radius 1 is 1.31 bits per heavy atom. The van der Waals surface area contributed by atoms with E-state index in [9.17, 15) is 9.59 Å². The molecule has 2 saturated heterocycles. The summed E-state index contributed by atoms with van der Waals surface area (Å²) < 4.78 is 5.17. The number of rotatable bonds is 7. The quantitative estimate of drug-likeness (QED) is 0.198. The van der Waals surface area contributed by atoms with Crippen molar-refractivity contribution >= 4 is 41.8 Å². The Kier molecular flexibility index (Phi) is 10.9. The minimum atomic E-state index is -0.101. The number of hydrogen-bond acceptors (Lipinski definition) is 4. The van der Waals surface area contributed by atoms with Crippen LogP contribution >= 0.6 is 24.0 Å². The number of hydrogen-bond donors (Lipinski definition) is 1. The third-order valence-electron chi connectivity index (χ3n) is 4.69. The van der Waals surface area contributed by atoms with Gasteiger partial charge in [0.05, 0.1) is 12.5 Å². The van der Waals surface area contributed by atoms with E-state index in [4.69, 9.17) is 9.73 Å². The molecule has 1 unspecified atom stereocenters. The van der Waals surface area contributed by atoms with Gasteiger partial charge in [-0.05, 0) is 39.5 Å². The SMILES string of the molecule is CCNC(=NCCCN1CCCC1=O)N1CCCC(C(=O)OCC)C1.I. The van der Waals surface area contributed by atoms with Crippen LogP contribution in [0.1, 0.15) is 46.0 Å². The first-order valence-electron chi connectivity index (χ1n) is 9.63. The molecule has 2 aliphatic heterocycles. The number of amides is 1. The molecule has 0 bridgehead atoms. The predicted molar refractivity (Wildman–Crippen MR) is 113 cm³/mol. The second-order valence-electron chi connectivity index (χ2n) is 6.61. The zero-order chi connectivity index (χ0) is 18.1. The summed E-state index contributed by atoms with van der Waals surface area (Å²) in [5.74, 6) is 0.962. The summed E-state index contributed by atoms with van der Waals surface area (Å²) in [7, 11) is 0. The highest BCUT2D eigenvalue weighted by Gasteiger charge is 2.28. The number of guanidine groups is 1. The van der Waals surface area contributed by atoms with Crippen LogP contribution < -0.4 is 5.32 Å².